The number of benzene rings is 1. The maximum absolute atomic E-state index is 12.9. The molecule has 0 spiro atoms. The second-order valence-electron chi connectivity index (χ2n) is 6.81. The second-order valence-corrected chi connectivity index (χ2v) is 6.81. The predicted molar refractivity (Wildman–Crippen MR) is 92.3 cm³/mol. The van der Waals surface area contributed by atoms with Crippen molar-refractivity contribution in [2.45, 2.75) is 51.2 Å². The number of carbonyl (C=O) groups is 1. The lowest BCUT2D eigenvalue weighted by Crippen LogP contribution is -2.38. The van der Waals surface area contributed by atoms with Gasteiger partial charge < -0.3 is 4.90 Å². The topological polar surface area (TPSA) is 38.1 Å². The second kappa shape index (κ2) is 7.13. The van der Waals surface area contributed by atoms with Crippen molar-refractivity contribution in [3.63, 3.8) is 0 Å². The summed E-state index contributed by atoms with van der Waals surface area (Å²) in [6.45, 7) is 1.70. The van der Waals surface area contributed by atoms with Crippen molar-refractivity contribution in [1.29, 1.82) is 0 Å². The Morgan fingerprint density at radius 3 is 2.58 bits per heavy atom. The molecular formula is C19H22F3N3O. The summed E-state index contributed by atoms with van der Waals surface area (Å²) in [5, 5.41) is 4.16. The number of nitrogens with zero attached hydrogens (tertiary/aromatic N) is 3. The standard InChI is InChI=1S/C19H22F3N3O/c1-13-17(18(26)24(2)15-8-4-3-5-9-15)12-23-25(13)16-10-6-7-14(11-16)19(20,21)22/h6-7,10-12,15H,3-5,8-9H2,1-2H3. The van der Waals surface area contributed by atoms with Crippen molar-refractivity contribution >= 4 is 5.91 Å². The fraction of sp³-hybridized carbons (Fsp3) is 0.474. The molecule has 1 aliphatic carbocycles. The predicted octanol–water partition coefficient (Wildman–Crippen LogP) is 4.60. The van der Waals surface area contributed by atoms with Crippen LogP contribution in [0.25, 0.3) is 5.69 Å². The molecule has 0 bridgehead atoms. The summed E-state index contributed by atoms with van der Waals surface area (Å²) in [6, 6.07) is 5.17. The summed E-state index contributed by atoms with van der Waals surface area (Å²) in [5.74, 6) is -0.132. The van der Waals surface area contributed by atoms with Gasteiger partial charge in [-0.3, -0.25) is 4.79 Å². The lowest BCUT2D eigenvalue weighted by Gasteiger charge is -2.31. The number of alkyl halides is 3. The van der Waals surface area contributed by atoms with E-state index in [1.807, 2.05) is 0 Å². The van der Waals surface area contributed by atoms with Crippen LogP contribution in [-0.4, -0.2) is 33.7 Å². The van der Waals surface area contributed by atoms with Crippen LogP contribution in [0.3, 0.4) is 0 Å². The summed E-state index contributed by atoms with van der Waals surface area (Å²) in [5.41, 5.74) is 0.515. The normalized spacial score (nSPS) is 15.9. The van der Waals surface area contributed by atoms with E-state index < -0.39 is 11.7 Å². The van der Waals surface area contributed by atoms with Crippen LogP contribution < -0.4 is 0 Å². The molecule has 0 unspecified atom stereocenters. The Bertz CT molecular complexity index is 792. The van der Waals surface area contributed by atoms with Crippen LogP contribution in [-0.2, 0) is 6.18 Å². The van der Waals surface area contributed by atoms with Gasteiger partial charge in [0.05, 0.1) is 28.7 Å². The molecule has 7 heteroatoms. The first kappa shape index (κ1) is 18.5. The molecule has 4 nitrogen and oxygen atoms in total. The van der Waals surface area contributed by atoms with E-state index in [-0.39, 0.29) is 17.6 Å². The number of aromatic nitrogens is 2. The van der Waals surface area contributed by atoms with Crippen molar-refractivity contribution in [3.8, 4) is 5.69 Å². The Kier molecular flexibility index (Phi) is 5.07. The van der Waals surface area contributed by atoms with Crippen molar-refractivity contribution in [1.82, 2.24) is 14.7 Å². The van der Waals surface area contributed by atoms with E-state index in [9.17, 15) is 18.0 Å². The molecule has 1 aromatic heterocycles. The summed E-state index contributed by atoms with van der Waals surface area (Å²) in [7, 11) is 1.79. The number of carbonyl (C=O) groups excluding carboxylic acids is 1. The van der Waals surface area contributed by atoms with E-state index in [0.29, 0.717) is 11.3 Å². The van der Waals surface area contributed by atoms with Gasteiger partial charge in [0.15, 0.2) is 0 Å². The molecule has 0 radical (unpaired) electrons. The van der Waals surface area contributed by atoms with Gasteiger partial charge in [0.2, 0.25) is 0 Å². The van der Waals surface area contributed by atoms with E-state index in [4.69, 9.17) is 0 Å². The highest BCUT2D eigenvalue weighted by Gasteiger charge is 2.31. The third kappa shape index (κ3) is 3.61. The molecule has 0 aliphatic heterocycles. The number of halogens is 3. The van der Waals surface area contributed by atoms with Gasteiger partial charge in [-0.2, -0.15) is 18.3 Å². The highest BCUT2D eigenvalue weighted by molar-refractivity contribution is 5.95. The van der Waals surface area contributed by atoms with Crippen molar-refractivity contribution in [2.24, 2.45) is 0 Å². The van der Waals surface area contributed by atoms with Gasteiger partial charge >= 0.3 is 6.18 Å². The molecule has 26 heavy (non-hydrogen) atoms. The SMILES string of the molecule is Cc1c(C(=O)N(C)C2CCCCC2)cnn1-c1cccc(C(F)(F)F)c1. The van der Waals surface area contributed by atoms with Gasteiger partial charge in [0.25, 0.3) is 5.91 Å². The largest absolute Gasteiger partial charge is 0.416 e. The zero-order valence-corrected chi connectivity index (χ0v) is 14.9. The Balaban J connectivity index is 1.87. The highest BCUT2D eigenvalue weighted by atomic mass is 19.4. The molecular weight excluding hydrogens is 343 g/mol. The summed E-state index contributed by atoms with van der Waals surface area (Å²) < 4.78 is 40.2. The van der Waals surface area contributed by atoms with Crippen molar-refractivity contribution < 1.29 is 18.0 Å². The fourth-order valence-electron chi connectivity index (χ4n) is 3.52. The van der Waals surface area contributed by atoms with Crippen LogP contribution in [0.4, 0.5) is 13.2 Å². The van der Waals surface area contributed by atoms with Gasteiger partial charge in [-0.25, -0.2) is 4.68 Å². The maximum Gasteiger partial charge on any atom is 0.416 e. The molecule has 1 aromatic carbocycles. The molecule has 1 saturated carbocycles. The zero-order valence-electron chi connectivity index (χ0n) is 14.9. The van der Waals surface area contributed by atoms with Crippen LogP contribution in [0.5, 0.6) is 0 Å². The Morgan fingerprint density at radius 1 is 1.23 bits per heavy atom. The molecule has 3 rings (SSSR count). The Hall–Kier alpha value is -2.31. The smallest absolute Gasteiger partial charge is 0.339 e. The third-order valence-electron chi connectivity index (χ3n) is 5.10. The van der Waals surface area contributed by atoms with Gasteiger partial charge in [0.1, 0.15) is 0 Å². The van der Waals surface area contributed by atoms with E-state index in [0.717, 1.165) is 37.8 Å². The summed E-state index contributed by atoms with van der Waals surface area (Å²) >= 11 is 0. The molecule has 0 saturated heterocycles. The van der Waals surface area contributed by atoms with Crippen LogP contribution in [0.2, 0.25) is 0 Å². The van der Waals surface area contributed by atoms with Gasteiger partial charge in [0, 0.05) is 13.1 Å². The zero-order chi connectivity index (χ0) is 18.9. The van der Waals surface area contributed by atoms with Crippen molar-refractivity contribution in [2.75, 3.05) is 7.05 Å². The first-order valence-corrected chi connectivity index (χ1v) is 8.78. The fourth-order valence-corrected chi connectivity index (χ4v) is 3.52. The molecule has 2 aromatic rings. The molecule has 140 valence electrons. The number of hydrogen-bond donors (Lipinski definition) is 0. The molecule has 0 N–H and O–H groups in total. The highest BCUT2D eigenvalue weighted by Crippen LogP contribution is 2.31. The number of amides is 1. The lowest BCUT2D eigenvalue weighted by molar-refractivity contribution is -0.137. The van der Waals surface area contributed by atoms with E-state index >= 15 is 0 Å². The molecule has 1 aliphatic rings. The quantitative estimate of drug-likeness (QED) is 0.797. The first-order valence-electron chi connectivity index (χ1n) is 8.78. The average molecular weight is 365 g/mol. The minimum Gasteiger partial charge on any atom is -0.339 e. The van der Waals surface area contributed by atoms with Gasteiger partial charge in [-0.15, -0.1) is 0 Å². The van der Waals surface area contributed by atoms with Crippen LogP contribution in [0.15, 0.2) is 30.5 Å². The monoisotopic (exact) mass is 365 g/mol. The average Bonchev–Trinajstić information content (AvgIpc) is 3.02. The minimum atomic E-state index is -4.42. The summed E-state index contributed by atoms with van der Waals surface area (Å²) in [6.07, 6.45) is 2.43. The maximum atomic E-state index is 12.9. The molecule has 1 heterocycles. The van der Waals surface area contributed by atoms with Crippen LogP contribution in [0.1, 0.15) is 53.7 Å². The van der Waals surface area contributed by atoms with Crippen LogP contribution in [0, 0.1) is 6.92 Å². The van der Waals surface area contributed by atoms with E-state index in [2.05, 4.69) is 5.10 Å². The number of rotatable bonds is 3. The summed E-state index contributed by atoms with van der Waals surface area (Å²) in [4.78, 5) is 14.6. The van der Waals surface area contributed by atoms with E-state index in [1.54, 1.807) is 24.9 Å². The van der Waals surface area contributed by atoms with E-state index in [1.165, 1.54) is 23.4 Å². The molecule has 0 atom stereocenters. The van der Waals surface area contributed by atoms with Crippen molar-refractivity contribution in [3.05, 3.63) is 47.3 Å². The van der Waals surface area contributed by atoms with Gasteiger partial charge in [-0.1, -0.05) is 25.3 Å². The minimum absolute atomic E-state index is 0.132. The Labute approximate surface area is 150 Å². The van der Waals surface area contributed by atoms with Crippen LogP contribution >= 0.6 is 0 Å². The Morgan fingerprint density at radius 2 is 1.92 bits per heavy atom. The molecule has 1 amide bonds. The lowest BCUT2D eigenvalue weighted by atomic mass is 9.94. The first-order chi connectivity index (χ1) is 12.3. The van der Waals surface area contributed by atoms with Gasteiger partial charge in [-0.05, 0) is 38.0 Å². The number of hydrogen-bond acceptors (Lipinski definition) is 2. The third-order valence-corrected chi connectivity index (χ3v) is 5.10. The molecule has 1 fully saturated rings.